The molecule has 4 rings (SSSR count). The number of nitrogens with zero attached hydrogens (tertiary/aromatic N) is 3. The minimum Gasteiger partial charge on any atom is -0.351 e. The maximum absolute atomic E-state index is 12.1. The van der Waals surface area contributed by atoms with E-state index in [0.29, 0.717) is 0 Å². The zero-order chi connectivity index (χ0) is 27.8. The number of anilines is 2. The van der Waals surface area contributed by atoms with E-state index in [-0.39, 0.29) is 24.4 Å². The zero-order valence-corrected chi connectivity index (χ0v) is 25.2. The second kappa shape index (κ2) is 13.9. The van der Waals surface area contributed by atoms with Gasteiger partial charge in [-0.25, -0.2) is 0 Å². The number of hydrogen-bond acceptors (Lipinski definition) is 6. The van der Waals surface area contributed by atoms with Crippen molar-refractivity contribution in [3.05, 3.63) is 59.8 Å². The fourth-order valence-electron chi connectivity index (χ4n) is 5.46. The topological polar surface area (TPSA) is 73.2 Å². The fraction of sp³-hybridized carbons (Fsp3) is 0.516. The Bertz CT molecular complexity index is 1280. The van der Waals surface area contributed by atoms with Crippen LogP contribution in [0.5, 0.6) is 0 Å². The van der Waals surface area contributed by atoms with Crippen LogP contribution in [0.1, 0.15) is 77.7 Å². The third-order valence-corrected chi connectivity index (χ3v) is 9.41. The highest BCUT2D eigenvalue weighted by Crippen LogP contribution is 2.50. The number of benzene rings is 2. The maximum Gasteiger partial charge on any atom is 0.264 e. The summed E-state index contributed by atoms with van der Waals surface area (Å²) < 4.78 is 34.0. The van der Waals surface area contributed by atoms with Crippen LogP contribution in [0.3, 0.4) is 0 Å². The van der Waals surface area contributed by atoms with Gasteiger partial charge >= 0.3 is 0 Å². The largest absolute Gasteiger partial charge is 0.351 e. The van der Waals surface area contributed by atoms with E-state index in [2.05, 4.69) is 73.0 Å². The summed E-state index contributed by atoms with van der Waals surface area (Å²) in [7, 11) is -4.15. The second-order valence-corrected chi connectivity index (χ2v) is 13.2. The van der Waals surface area contributed by atoms with Crippen molar-refractivity contribution in [3.8, 4) is 0 Å². The van der Waals surface area contributed by atoms with Crippen molar-refractivity contribution >= 4 is 39.5 Å². The first-order valence-corrected chi connectivity index (χ1v) is 16.9. The molecule has 0 fully saturated rings. The Morgan fingerprint density at radius 2 is 1.67 bits per heavy atom. The van der Waals surface area contributed by atoms with Crippen LogP contribution in [-0.4, -0.2) is 48.6 Å². The summed E-state index contributed by atoms with van der Waals surface area (Å²) in [6.07, 6.45) is 12.6. The molecule has 0 saturated heterocycles. The van der Waals surface area contributed by atoms with Gasteiger partial charge in [-0.1, -0.05) is 70.0 Å². The van der Waals surface area contributed by atoms with Gasteiger partial charge in [-0.2, -0.15) is 8.42 Å². The highest BCUT2D eigenvalue weighted by atomic mass is 32.2. The molecule has 2 atom stereocenters. The molecule has 0 spiro atoms. The van der Waals surface area contributed by atoms with Crippen molar-refractivity contribution in [3.63, 3.8) is 0 Å². The predicted molar refractivity (Wildman–Crippen MR) is 164 cm³/mol. The van der Waals surface area contributed by atoms with Crippen LogP contribution in [0.2, 0.25) is 0 Å². The lowest BCUT2D eigenvalue weighted by Crippen LogP contribution is -2.52. The van der Waals surface area contributed by atoms with Gasteiger partial charge in [-0.05, 0) is 74.4 Å². The van der Waals surface area contributed by atoms with Crippen LogP contribution in [0.25, 0.3) is 0 Å². The Labute approximate surface area is 239 Å². The lowest BCUT2D eigenvalue weighted by molar-refractivity contribution is 0.209. The van der Waals surface area contributed by atoms with Crippen LogP contribution in [-0.2, 0) is 16.5 Å². The molecule has 0 saturated carbocycles. The standard InChI is InChI=1S/C31H43N3O3S2/c1-4-7-12-24-16-17-30-28(23-24)34(26-14-10-11-15-29(26)38-30)27(19-22-39(35,36)37)31-32-20-18-25(13-8-5-2)33(31)21-9-6-3/h10-11,14-18,20,23,27,31H,4-9,12-13,19,21-22H2,1-3H3,(H,35,36,37). The van der Waals surface area contributed by atoms with Crippen LogP contribution >= 0.6 is 11.8 Å². The summed E-state index contributed by atoms with van der Waals surface area (Å²) in [5.41, 5.74) is 4.72. The number of allylic oxidation sites excluding steroid dienone is 2. The summed E-state index contributed by atoms with van der Waals surface area (Å²) in [5, 5.41) is 0. The van der Waals surface area contributed by atoms with Gasteiger partial charge in [-0.3, -0.25) is 9.55 Å². The molecule has 2 aromatic carbocycles. The molecule has 39 heavy (non-hydrogen) atoms. The van der Waals surface area contributed by atoms with Gasteiger partial charge in [0.05, 0.1) is 23.2 Å². The minimum atomic E-state index is -4.15. The smallest absolute Gasteiger partial charge is 0.264 e. The van der Waals surface area contributed by atoms with E-state index in [1.54, 1.807) is 11.8 Å². The van der Waals surface area contributed by atoms with E-state index in [1.807, 2.05) is 12.3 Å². The molecule has 2 aromatic rings. The molecule has 1 N–H and O–H groups in total. The number of aryl methyl sites for hydroxylation is 1. The Balaban J connectivity index is 1.84. The number of hydrogen-bond donors (Lipinski definition) is 1. The SMILES string of the molecule is CCCCC1=CC=NC(C(CCS(=O)(=O)O)N2c3ccccc3Sc3ccc(CCCC)cc32)N1CCCC. The molecular weight excluding hydrogens is 526 g/mol. The Kier molecular flexibility index (Phi) is 10.6. The van der Waals surface area contributed by atoms with Crippen molar-refractivity contribution in [2.45, 2.75) is 101 Å². The van der Waals surface area contributed by atoms with Gasteiger partial charge in [0.1, 0.15) is 6.17 Å². The van der Waals surface area contributed by atoms with Gasteiger partial charge in [0, 0.05) is 28.2 Å². The molecule has 2 heterocycles. The van der Waals surface area contributed by atoms with E-state index in [4.69, 9.17) is 4.99 Å². The van der Waals surface area contributed by atoms with E-state index in [1.165, 1.54) is 11.3 Å². The number of unbranched alkanes of at least 4 members (excludes halogenated alkanes) is 3. The average molecular weight is 570 g/mol. The number of aliphatic imine (C=N–C) groups is 1. The molecule has 6 nitrogen and oxygen atoms in total. The molecular formula is C31H43N3O3S2. The van der Waals surface area contributed by atoms with E-state index >= 15 is 0 Å². The number of para-hydroxylation sites is 1. The summed E-state index contributed by atoms with van der Waals surface area (Å²) in [6, 6.07) is 14.8. The number of rotatable bonds is 14. The molecule has 2 aliphatic heterocycles. The highest BCUT2D eigenvalue weighted by Gasteiger charge is 2.38. The van der Waals surface area contributed by atoms with Gasteiger partial charge in [0.25, 0.3) is 10.1 Å². The first-order chi connectivity index (χ1) is 18.9. The van der Waals surface area contributed by atoms with Gasteiger partial charge < -0.3 is 9.80 Å². The van der Waals surface area contributed by atoms with Crippen molar-refractivity contribution in [1.82, 2.24) is 4.90 Å². The third kappa shape index (κ3) is 7.47. The molecule has 0 amide bonds. The molecule has 0 bridgehead atoms. The first-order valence-electron chi connectivity index (χ1n) is 14.5. The van der Waals surface area contributed by atoms with E-state index < -0.39 is 10.1 Å². The lowest BCUT2D eigenvalue weighted by Gasteiger charge is -2.46. The van der Waals surface area contributed by atoms with Gasteiger partial charge in [-0.15, -0.1) is 0 Å². The fourth-order valence-corrected chi connectivity index (χ4v) is 7.05. The zero-order valence-electron chi connectivity index (χ0n) is 23.6. The lowest BCUT2D eigenvalue weighted by atomic mass is 10.0. The summed E-state index contributed by atoms with van der Waals surface area (Å²) in [4.78, 5) is 12.0. The second-order valence-electron chi connectivity index (χ2n) is 10.5. The predicted octanol–water partition coefficient (Wildman–Crippen LogP) is 7.87. The van der Waals surface area contributed by atoms with Crippen LogP contribution in [0.4, 0.5) is 11.4 Å². The summed E-state index contributed by atoms with van der Waals surface area (Å²) in [6.45, 7) is 7.47. The van der Waals surface area contributed by atoms with E-state index in [9.17, 15) is 13.0 Å². The van der Waals surface area contributed by atoms with Gasteiger partial charge in [0.2, 0.25) is 0 Å². The maximum atomic E-state index is 12.1. The monoisotopic (exact) mass is 569 g/mol. The quantitative estimate of drug-likeness (QED) is 0.233. The molecule has 212 valence electrons. The minimum absolute atomic E-state index is 0.265. The van der Waals surface area contributed by atoms with Crippen molar-refractivity contribution in [1.29, 1.82) is 0 Å². The molecule has 0 radical (unpaired) electrons. The number of fused-ring (bicyclic) bond motifs is 2. The highest BCUT2D eigenvalue weighted by molar-refractivity contribution is 7.99. The molecule has 2 unspecified atom stereocenters. The van der Waals surface area contributed by atoms with Crippen LogP contribution in [0, 0.1) is 0 Å². The Hall–Kier alpha value is -2.29. The Morgan fingerprint density at radius 1 is 0.949 bits per heavy atom. The third-order valence-electron chi connectivity index (χ3n) is 7.53. The van der Waals surface area contributed by atoms with E-state index in [0.717, 1.165) is 79.1 Å². The molecule has 8 heteroatoms. The first kappa shape index (κ1) is 29.7. The van der Waals surface area contributed by atoms with Crippen molar-refractivity contribution < 1.29 is 13.0 Å². The Morgan fingerprint density at radius 3 is 2.41 bits per heavy atom. The van der Waals surface area contributed by atoms with Crippen molar-refractivity contribution in [2.24, 2.45) is 4.99 Å². The van der Waals surface area contributed by atoms with Gasteiger partial charge in [0.15, 0.2) is 0 Å². The van der Waals surface area contributed by atoms with Crippen LogP contribution < -0.4 is 4.90 Å². The normalized spacial score (nSPS) is 17.5. The average Bonchev–Trinajstić information content (AvgIpc) is 2.93. The molecule has 0 aliphatic carbocycles. The molecule has 2 aliphatic rings. The molecule has 0 aromatic heterocycles. The summed E-state index contributed by atoms with van der Waals surface area (Å²) >= 11 is 1.76. The summed E-state index contributed by atoms with van der Waals surface area (Å²) in [5.74, 6) is -0.310. The van der Waals surface area contributed by atoms with Crippen LogP contribution in [0.15, 0.2) is 69.0 Å². The van der Waals surface area contributed by atoms with Crippen molar-refractivity contribution in [2.75, 3.05) is 17.2 Å².